The fourth-order valence-electron chi connectivity index (χ4n) is 4.55. The largest absolute Gasteiger partial charge is 0.373 e. The Morgan fingerprint density at radius 3 is 2.49 bits per heavy atom. The van der Waals surface area contributed by atoms with Crippen LogP contribution in [0.1, 0.15) is 31.0 Å². The third-order valence-corrected chi connectivity index (χ3v) is 7.73. The number of nitriles is 1. The quantitative estimate of drug-likeness (QED) is 0.141. The summed E-state index contributed by atoms with van der Waals surface area (Å²) in [7, 11) is -3.50. The first kappa shape index (κ1) is 30.2. The lowest BCUT2D eigenvalue weighted by molar-refractivity contribution is 0.221. The zero-order valence-electron chi connectivity index (χ0n) is 23.2. The van der Waals surface area contributed by atoms with Crippen LogP contribution in [0.15, 0.2) is 72.7 Å². The molecule has 1 atom stereocenters. The van der Waals surface area contributed by atoms with Gasteiger partial charge in [0.25, 0.3) is 0 Å². The van der Waals surface area contributed by atoms with Crippen LogP contribution in [0.2, 0.25) is 10.0 Å². The molecule has 10 nitrogen and oxygen atoms in total. The Labute approximate surface area is 258 Å². The average molecular weight is 642 g/mol. The van der Waals surface area contributed by atoms with Crippen LogP contribution in [-0.2, 0) is 10.0 Å². The van der Waals surface area contributed by atoms with E-state index in [4.69, 9.17) is 23.2 Å². The third kappa shape index (κ3) is 6.87. The van der Waals surface area contributed by atoms with Crippen molar-refractivity contribution < 1.29 is 12.8 Å². The number of fused-ring (bicyclic) bond motifs is 1. The molecule has 0 fully saturated rings. The number of nitrogens with zero attached hydrogens (tertiary/aromatic N) is 3. The van der Waals surface area contributed by atoms with Gasteiger partial charge in [-0.05, 0) is 61.9 Å². The molecule has 5 rings (SSSR count). The molecule has 1 aromatic heterocycles. The Morgan fingerprint density at radius 1 is 1.05 bits per heavy atom. The Kier molecular flexibility index (Phi) is 8.52. The second-order valence-corrected chi connectivity index (χ2v) is 12.7. The molecule has 0 amide bonds. The average Bonchev–Trinajstić information content (AvgIpc) is 3.44. The monoisotopic (exact) mass is 640 g/mol. The first-order valence-corrected chi connectivity index (χ1v) is 15.7. The van der Waals surface area contributed by atoms with Crippen molar-refractivity contribution >= 4 is 66.9 Å². The SMILES string of the molecule is CC(C)N1C=C([C@@H](Nc2cc(Cl)c3ncc(C#N)c(Nc4ccc(F)c(Cl)c4)c3c2)c2cccc(NS(C)(=O)=O)c2)NN1. The fraction of sp³-hybridized carbons (Fsp3) is 0.172. The Balaban J connectivity index is 1.60. The lowest BCUT2D eigenvalue weighted by Crippen LogP contribution is -2.41. The normalized spacial score (nSPS) is 13.8. The lowest BCUT2D eigenvalue weighted by atomic mass is 10.0. The molecular weight excluding hydrogens is 614 g/mol. The Morgan fingerprint density at radius 2 is 1.81 bits per heavy atom. The van der Waals surface area contributed by atoms with Gasteiger partial charge in [0.15, 0.2) is 0 Å². The van der Waals surface area contributed by atoms with Gasteiger partial charge in [0.05, 0.1) is 44.8 Å². The molecule has 0 aliphatic carbocycles. The first-order valence-electron chi connectivity index (χ1n) is 13.0. The van der Waals surface area contributed by atoms with Crippen LogP contribution in [0.3, 0.4) is 0 Å². The van der Waals surface area contributed by atoms with Crippen molar-refractivity contribution in [2.45, 2.75) is 25.9 Å². The second kappa shape index (κ2) is 12.1. The smallest absolute Gasteiger partial charge is 0.229 e. The molecule has 0 radical (unpaired) electrons. The van der Waals surface area contributed by atoms with Gasteiger partial charge in [-0.3, -0.25) is 14.7 Å². The lowest BCUT2D eigenvalue weighted by Gasteiger charge is -2.23. The number of benzene rings is 3. The van der Waals surface area contributed by atoms with Crippen LogP contribution < -0.4 is 26.3 Å². The number of aromatic nitrogens is 1. The zero-order valence-corrected chi connectivity index (χ0v) is 25.5. The van der Waals surface area contributed by atoms with E-state index in [1.165, 1.54) is 24.4 Å². The molecule has 0 saturated heterocycles. The van der Waals surface area contributed by atoms with E-state index in [2.05, 4.69) is 37.4 Å². The zero-order chi connectivity index (χ0) is 30.9. The Bertz CT molecular complexity index is 1900. The van der Waals surface area contributed by atoms with Gasteiger partial charge in [-0.2, -0.15) is 5.26 Å². The molecule has 4 aromatic rings. The molecule has 43 heavy (non-hydrogen) atoms. The topological polar surface area (TPSA) is 134 Å². The number of nitrogens with one attached hydrogen (secondary N) is 5. The highest BCUT2D eigenvalue weighted by molar-refractivity contribution is 7.92. The molecule has 0 saturated carbocycles. The van der Waals surface area contributed by atoms with E-state index in [9.17, 15) is 18.1 Å². The molecule has 1 aliphatic rings. The van der Waals surface area contributed by atoms with E-state index in [1.807, 2.05) is 31.1 Å². The summed E-state index contributed by atoms with van der Waals surface area (Å²) in [6.07, 6.45) is 4.42. The molecule has 5 N–H and O–H groups in total. The summed E-state index contributed by atoms with van der Waals surface area (Å²) >= 11 is 12.7. The van der Waals surface area contributed by atoms with Crippen LogP contribution >= 0.6 is 23.2 Å². The summed E-state index contributed by atoms with van der Waals surface area (Å²) in [6, 6.07) is 16.5. The highest BCUT2D eigenvalue weighted by Gasteiger charge is 2.25. The highest BCUT2D eigenvalue weighted by atomic mass is 35.5. The van der Waals surface area contributed by atoms with Gasteiger partial charge in [0, 0.05) is 40.9 Å². The minimum Gasteiger partial charge on any atom is -0.373 e. The van der Waals surface area contributed by atoms with Crippen molar-refractivity contribution in [2.24, 2.45) is 0 Å². The summed E-state index contributed by atoms with van der Waals surface area (Å²) in [5, 5.41) is 19.2. The molecule has 0 bridgehead atoms. The minimum absolute atomic E-state index is 0.0703. The van der Waals surface area contributed by atoms with Crippen molar-refractivity contribution in [1.29, 1.82) is 5.26 Å². The molecule has 2 heterocycles. The van der Waals surface area contributed by atoms with Gasteiger partial charge in [0.1, 0.15) is 11.9 Å². The van der Waals surface area contributed by atoms with E-state index in [0.29, 0.717) is 38.7 Å². The van der Waals surface area contributed by atoms with E-state index >= 15 is 0 Å². The number of rotatable bonds is 9. The van der Waals surface area contributed by atoms with Crippen LogP contribution in [-0.4, -0.2) is 30.7 Å². The van der Waals surface area contributed by atoms with E-state index in [1.54, 1.807) is 30.3 Å². The van der Waals surface area contributed by atoms with Crippen molar-refractivity contribution in [2.75, 3.05) is 21.6 Å². The molecule has 14 heteroatoms. The van der Waals surface area contributed by atoms with Crippen molar-refractivity contribution in [3.8, 4) is 6.07 Å². The summed E-state index contributed by atoms with van der Waals surface area (Å²) in [6.45, 7) is 4.05. The third-order valence-electron chi connectivity index (χ3n) is 6.54. The number of hydrogen-bond acceptors (Lipinski definition) is 9. The maximum Gasteiger partial charge on any atom is 0.229 e. The van der Waals surface area contributed by atoms with Crippen LogP contribution in [0.5, 0.6) is 0 Å². The van der Waals surface area contributed by atoms with Gasteiger partial charge in [-0.1, -0.05) is 35.3 Å². The maximum absolute atomic E-state index is 13.8. The summed E-state index contributed by atoms with van der Waals surface area (Å²) in [4.78, 5) is 4.40. The molecule has 0 spiro atoms. The van der Waals surface area contributed by atoms with E-state index < -0.39 is 21.9 Å². The maximum atomic E-state index is 13.8. The summed E-state index contributed by atoms with van der Waals surface area (Å²) in [5.41, 5.74) is 10.4. The van der Waals surface area contributed by atoms with Crippen LogP contribution in [0.25, 0.3) is 10.9 Å². The van der Waals surface area contributed by atoms with Crippen molar-refractivity contribution in [3.05, 3.63) is 99.7 Å². The number of sulfonamides is 1. The number of hydrazine groups is 2. The molecule has 3 aromatic carbocycles. The molecule has 222 valence electrons. The molecule has 1 aliphatic heterocycles. The van der Waals surface area contributed by atoms with Gasteiger partial charge < -0.3 is 16.1 Å². The van der Waals surface area contributed by atoms with Crippen LogP contribution in [0, 0.1) is 17.1 Å². The summed E-state index contributed by atoms with van der Waals surface area (Å²) in [5.74, 6) is -0.566. The second-order valence-electron chi connectivity index (χ2n) is 10.2. The predicted octanol–water partition coefficient (Wildman–Crippen LogP) is 6.40. The Hall–Kier alpha value is -4.28. The van der Waals surface area contributed by atoms with E-state index in [0.717, 1.165) is 17.5 Å². The first-order chi connectivity index (χ1) is 20.4. The number of pyridine rings is 1. The predicted molar refractivity (Wildman–Crippen MR) is 169 cm³/mol. The van der Waals surface area contributed by atoms with Gasteiger partial charge in [0.2, 0.25) is 10.0 Å². The fourth-order valence-corrected chi connectivity index (χ4v) is 5.56. The standard InChI is InChI=1S/C29H27Cl2FN8O2S/c1-16(2)40-15-26(37-39-40)28(17-5-4-6-20(9-17)38-43(3,41)42)36-21-10-22-27(35-19-7-8-25(32)23(30)11-19)18(13-33)14-34-29(22)24(31)12-21/h4-12,14-16,28,36-39H,1-3H3,(H,34,35)/t28-/m0/s1. The summed E-state index contributed by atoms with van der Waals surface area (Å²) < 4.78 is 40.2. The van der Waals surface area contributed by atoms with Gasteiger partial charge in [-0.15, -0.1) is 5.53 Å². The van der Waals surface area contributed by atoms with Gasteiger partial charge >= 0.3 is 0 Å². The number of anilines is 4. The minimum atomic E-state index is -3.50. The van der Waals surface area contributed by atoms with Crippen molar-refractivity contribution in [3.63, 3.8) is 0 Å². The molecule has 0 unspecified atom stereocenters. The van der Waals surface area contributed by atoms with Crippen molar-refractivity contribution in [1.82, 2.24) is 21.0 Å². The van der Waals surface area contributed by atoms with Crippen LogP contribution in [0.4, 0.5) is 27.1 Å². The van der Waals surface area contributed by atoms with E-state index in [-0.39, 0.29) is 16.6 Å². The number of halogens is 3. The van der Waals surface area contributed by atoms with Gasteiger partial charge in [-0.25, -0.2) is 12.8 Å². The number of hydrogen-bond donors (Lipinski definition) is 5. The highest BCUT2D eigenvalue weighted by Crippen LogP contribution is 2.37. The molecular formula is C29H27Cl2FN8O2S.